The predicted octanol–water partition coefficient (Wildman–Crippen LogP) is 7.42. The molecule has 1 aromatic heterocycles. The summed E-state index contributed by atoms with van der Waals surface area (Å²) in [5.74, 6) is -1.26. The highest BCUT2D eigenvalue weighted by atomic mass is 19.4. The molecule has 1 aliphatic carbocycles. The lowest BCUT2D eigenvalue weighted by atomic mass is 9.69. The fourth-order valence-electron chi connectivity index (χ4n) is 6.81. The lowest BCUT2D eigenvalue weighted by Gasteiger charge is -2.47. The van der Waals surface area contributed by atoms with Gasteiger partial charge in [0, 0.05) is 11.1 Å². The van der Waals surface area contributed by atoms with Crippen molar-refractivity contribution in [3.8, 4) is 0 Å². The summed E-state index contributed by atoms with van der Waals surface area (Å²) in [5.41, 5.74) is -1.44. The van der Waals surface area contributed by atoms with Gasteiger partial charge in [0.2, 0.25) is 0 Å². The van der Waals surface area contributed by atoms with Crippen LogP contribution in [0, 0.1) is 22.6 Å². The van der Waals surface area contributed by atoms with E-state index in [1.807, 2.05) is 0 Å². The first kappa shape index (κ1) is 35.2. The lowest BCUT2D eigenvalue weighted by molar-refractivity contribution is -0.138. The van der Waals surface area contributed by atoms with E-state index in [1.54, 1.807) is 29.2 Å². The Hall–Kier alpha value is -4.16. The van der Waals surface area contributed by atoms with Crippen molar-refractivity contribution in [1.82, 2.24) is 30.8 Å². The van der Waals surface area contributed by atoms with Crippen molar-refractivity contribution >= 4 is 17.5 Å². The molecule has 0 bridgehead atoms. The Morgan fingerprint density at radius 3 is 2.27 bits per heavy atom. The zero-order chi connectivity index (χ0) is 35.1. The minimum absolute atomic E-state index is 0.0253. The minimum Gasteiger partial charge on any atom is -0.345 e. The maximum absolute atomic E-state index is 14.6. The number of rotatable bonds is 8. The number of aromatic amines is 1. The van der Waals surface area contributed by atoms with E-state index < -0.39 is 35.2 Å². The van der Waals surface area contributed by atoms with Crippen LogP contribution in [-0.2, 0) is 17.5 Å². The summed E-state index contributed by atoms with van der Waals surface area (Å²) in [5, 5.41) is 16.2. The molecule has 1 aliphatic heterocycles. The molecule has 2 N–H and O–H groups in total. The molecular formula is C35H43F4N7O2. The van der Waals surface area contributed by atoms with Gasteiger partial charge in [0.05, 0.1) is 18.2 Å². The standard InChI is InChI=1S/C35H43F4N7O2/c1-32(2,3)14-13-27(21-7-9-22(10-8-21)30(47)40-20-28-42-44-45-43-28)46-31(48)29(23-17-25(35(37,38)39)19-26(36)18-23)41-34(46)15-11-24(12-16-34)33(4,5)6/h7-10,17-19,24,27H,11-16,20H2,1-6H3,(H,40,47)(H,42,43,44,45). The highest BCUT2D eigenvalue weighted by molar-refractivity contribution is 6.46. The van der Waals surface area contributed by atoms with Crippen molar-refractivity contribution < 1.29 is 27.2 Å². The number of tetrazole rings is 1. The van der Waals surface area contributed by atoms with Gasteiger partial charge in [0.25, 0.3) is 11.8 Å². The zero-order valence-corrected chi connectivity index (χ0v) is 28.2. The SMILES string of the molecule is CC(C)(C)CCC(c1ccc(C(=O)NCc2nn[nH]n2)cc1)N1C(=O)C(c2cc(F)cc(C(F)(F)F)c2)=NC12CCC(C(C)(C)C)CC2. The van der Waals surface area contributed by atoms with Crippen molar-refractivity contribution in [2.24, 2.45) is 21.7 Å². The second-order valence-corrected chi connectivity index (χ2v) is 15.2. The Kier molecular flexibility index (Phi) is 9.55. The van der Waals surface area contributed by atoms with E-state index in [-0.39, 0.29) is 34.6 Å². The molecule has 0 radical (unpaired) electrons. The molecular weight excluding hydrogens is 626 g/mol. The number of aromatic nitrogens is 4. The number of H-pyrrole nitrogens is 1. The molecule has 5 rings (SSSR count). The number of carbonyl (C=O) groups is 2. The Morgan fingerprint density at radius 2 is 1.71 bits per heavy atom. The number of hydrogen-bond donors (Lipinski definition) is 2. The molecule has 2 amide bonds. The smallest absolute Gasteiger partial charge is 0.345 e. The van der Waals surface area contributed by atoms with Gasteiger partial charge in [-0.15, -0.1) is 10.2 Å². The predicted molar refractivity (Wildman–Crippen MR) is 172 cm³/mol. The van der Waals surface area contributed by atoms with E-state index >= 15 is 0 Å². The van der Waals surface area contributed by atoms with Crippen LogP contribution in [0.5, 0.6) is 0 Å². The minimum atomic E-state index is -4.80. The largest absolute Gasteiger partial charge is 0.416 e. The third kappa shape index (κ3) is 7.76. The first-order valence-electron chi connectivity index (χ1n) is 16.3. The van der Waals surface area contributed by atoms with Crippen LogP contribution >= 0.6 is 0 Å². The number of hydrogen-bond acceptors (Lipinski definition) is 6. The number of alkyl halides is 3. The Bertz CT molecular complexity index is 1650. The second-order valence-electron chi connectivity index (χ2n) is 15.2. The third-order valence-electron chi connectivity index (χ3n) is 9.53. The van der Waals surface area contributed by atoms with Crippen molar-refractivity contribution in [3.63, 3.8) is 0 Å². The van der Waals surface area contributed by atoms with Crippen LogP contribution in [0.4, 0.5) is 17.6 Å². The summed E-state index contributed by atoms with van der Waals surface area (Å²) in [7, 11) is 0. The first-order valence-corrected chi connectivity index (χ1v) is 16.3. The van der Waals surface area contributed by atoms with Crippen molar-refractivity contribution in [1.29, 1.82) is 0 Å². The van der Waals surface area contributed by atoms with Crippen molar-refractivity contribution in [2.45, 2.75) is 104 Å². The van der Waals surface area contributed by atoms with E-state index in [1.165, 1.54) is 0 Å². The van der Waals surface area contributed by atoms with Crippen molar-refractivity contribution in [2.75, 3.05) is 0 Å². The fourth-order valence-corrected chi connectivity index (χ4v) is 6.81. The number of nitrogens with one attached hydrogen (secondary N) is 2. The van der Waals surface area contributed by atoms with Gasteiger partial charge < -0.3 is 10.2 Å². The molecule has 1 spiro atoms. The molecule has 9 nitrogen and oxygen atoms in total. The number of aliphatic imine (C=N–C) groups is 1. The number of carbonyl (C=O) groups excluding carboxylic acids is 2. The van der Waals surface area contributed by atoms with Crippen LogP contribution in [0.25, 0.3) is 0 Å². The Balaban J connectivity index is 1.54. The normalized spacial score (nSPS) is 21.0. The topological polar surface area (TPSA) is 116 Å². The molecule has 13 heteroatoms. The van der Waals surface area contributed by atoms with Gasteiger partial charge in [-0.1, -0.05) is 58.9 Å². The van der Waals surface area contributed by atoms with Gasteiger partial charge in [-0.25, -0.2) is 4.39 Å². The van der Waals surface area contributed by atoms with Crippen LogP contribution in [0.2, 0.25) is 0 Å². The van der Waals surface area contributed by atoms with Gasteiger partial charge in [-0.05, 0) is 91.2 Å². The van der Waals surface area contributed by atoms with E-state index in [0.29, 0.717) is 42.6 Å². The average molecular weight is 670 g/mol. The zero-order valence-electron chi connectivity index (χ0n) is 28.2. The Labute approximate surface area is 278 Å². The highest BCUT2D eigenvalue weighted by Gasteiger charge is 2.53. The number of amides is 2. The maximum Gasteiger partial charge on any atom is 0.416 e. The van der Waals surface area contributed by atoms with Gasteiger partial charge in [0.1, 0.15) is 17.2 Å². The van der Waals surface area contributed by atoms with Gasteiger partial charge in [-0.3, -0.25) is 14.6 Å². The average Bonchev–Trinajstić information content (AvgIpc) is 3.62. The monoisotopic (exact) mass is 669 g/mol. The van der Waals surface area contributed by atoms with Crippen LogP contribution in [-0.4, -0.2) is 48.7 Å². The summed E-state index contributed by atoms with van der Waals surface area (Å²) >= 11 is 0. The summed E-state index contributed by atoms with van der Waals surface area (Å²) in [6.45, 7) is 12.9. The molecule has 2 aliphatic rings. The van der Waals surface area contributed by atoms with Gasteiger partial charge in [0.15, 0.2) is 5.82 Å². The summed E-state index contributed by atoms with van der Waals surface area (Å²) in [4.78, 5) is 34.1. The molecule has 1 saturated carbocycles. The van der Waals surface area contributed by atoms with Crippen LogP contribution in [0.15, 0.2) is 47.5 Å². The second kappa shape index (κ2) is 13.0. The van der Waals surface area contributed by atoms with E-state index in [4.69, 9.17) is 4.99 Å². The number of benzene rings is 2. The third-order valence-corrected chi connectivity index (χ3v) is 9.53. The number of nitrogens with zero attached hydrogens (tertiary/aromatic N) is 5. The molecule has 2 heterocycles. The lowest BCUT2D eigenvalue weighted by Crippen LogP contribution is -2.51. The summed E-state index contributed by atoms with van der Waals surface area (Å²) < 4.78 is 55.9. The molecule has 0 saturated heterocycles. The van der Waals surface area contributed by atoms with Gasteiger partial charge in [-0.2, -0.15) is 18.4 Å². The van der Waals surface area contributed by atoms with Gasteiger partial charge >= 0.3 is 6.18 Å². The quantitative estimate of drug-likeness (QED) is 0.242. The van der Waals surface area contributed by atoms with Crippen molar-refractivity contribution in [3.05, 3.63) is 76.4 Å². The highest BCUT2D eigenvalue weighted by Crippen LogP contribution is 2.50. The van der Waals surface area contributed by atoms with E-state index in [2.05, 4.69) is 67.5 Å². The van der Waals surface area contributed by atoms with Crippen LogP contribution in [0.1, 0.15) is 119 Å². The number of halogens is 4. The first-order chi connectivity index (χ1) is 22.4. The maximum atomic E-state index is 14.6. The summed E-state index contributed by atoms with van der Waals surface area (Å²) in [6.07, 6.45) is -0.942. The molecule has 3 aromatic rings. The van der Waals surface area contributed by atoms with E-state index in [0.717, 1.165) is 37.0 Å². The fraction of sp³-hybridized carbons (Fsp3) is 0.543. The molecule has 258 valence electrons. The van der Waals surface area contributed by atoms with Crippen LogP contribution in [0.3, 0.4) is 0 Å². The molecule has 1 atom stereocenters. The van der Waals surface area contributed by atoms with E-state index in [9.17, 15) is 27.2 Å². The summed E-state index contributed by atoms with van der Waals surface area (Å²) in [6, 6.07) is 8.66. The molecule has 1 fully saturated rings. The molecule has 48 heavy (non-hydrogen) atoms. The Morgan fingerprint density at radius 1 is 1.04 bits per heavy atom. The molecule has 2 aromatic carbocycles. The molecule has 1 unspecified atom stereocenters. The van der Waals surface area contributed by atoms with Crippen LogP contribution < -0.4 is 5.32 Å².